The van der Waals surface area contributed by atoms with E-state index in [0.29, 0.717) is 25.0 Å². The van der Waals surface area contributed by atoms with E-state index in [1.54, 1.807) is 24.5 Å². The van der Waals surface area contributed by atoms with E-state index in [-0.39, 0.29) is 29.7 Å². The van der Waals surface area contributed by atoms with Crippen molar-refractivity contribution in [3.63, 3.8) is 0 Å². The molecule has 0 unspecified atom stereocenters. The summed E-state index contributed by atoms with van der Waals surface area (Å²) in [5.74, 6) is 0.0545. The van der Waals surface area contributed by atoms with Gasteiger partial charge in [0.2, 0.25) is 0 Å². The number of nitrogens with zero attached hydrogens (tertiary/aromatic N) is 2. The average Bonchev–Trinajstić information content (AvgIpc) is 3.00. The Morgan fingerprint density at radius 2 is 2.04 bits per heavy atom. The van der Waals surface area contributed by atoms with Crippen LogP contribution in [0.5, 0.6) is 5.75 Å². The molecule has 1 aromatic carbocycles. The molecule has 5 nitrogen and oxygen atoms in total. The molecule has 1 aromatic heterocycles. The number of halogens is 2. The SMILES string of the molecule is CN=C(NCc1ccc(O)c(F)c1)NCc1nc(C(C)C)cs1.I. The molecular formula is C16H22FIN4OS. The lowest BCUT2D eigenvalue weighted by Crippen LogP contribution is -2.36. The number of nitrogens with one attached hydrogen (secondary N) is 2. The Morgan fingerprint density at radius 3 is 2.62 bits per heavy atom. The summed E-state index contributed by atoms with van der Waals surface area (Å²) in [6.45, 7) is 5.22. The van der Waals surface area contributed by atoms with E-state index in [1.165, 1.54) is 12.1 Å². The Kier molecular flexibility index (Phi) is 8.40. The van der Waals surface area contributed by atoms with Gasteiger partial charge in [-0.1, -0.05) is 19.9 Å². The van der Waals surface area contributed by atoms with Gasteiger partial charge in [-0.15, -0.1) is 35.3 Å². The molecule has 2 aromatic rings. The van der Waals surface area contributed by atoms with E-state index >= 15 is 0 Å². The van der Waals surface area contributed by atoms with Crippen molar-refractivity contribution in [1.29, 1.82) is 0 Å². The van der Waals surface area contributed by atoms with Crippen molar-refractivity contribution in [1.82, 2.24) is 15.6 Å². The number of hydrogen-bond donors (Lipinski definition) is 3. The first-order chi connectivity index (χ1) is 11.0. The summed E-state index contributed by atoms with van der Waals surface area (Å²) in [7, 11) is 1.67. The molecule has 0 saturated carbocycles. The number of hydrogen-bond acceptors (Lipinski definition) is 4. The number of aromatic hydroxyl groups is 1. The van der Waals surface area contributed by atoms with Crippen molar-refractivity contribution >= 4 is 41.3 Å². The van der Waals surface area contributed by atoms with Crippen LogP contribution in [-0.4, -0.2) is 23.1 Å². The first-order valence-corrected chi connectivity index (χ1v) is 8.23. The van der Waals surface area contributed by atoms with Gasteiger partial charge >= 0.3 is 0 Å². The fraction of sp³-hybridized carbons (Fsp3) is 0.375. The molecule has 0 saturated heterocycles. The van der Waals surface area contributed by atoms with Crippen LogP contribution in [0.1, 0.15) is 36.0 Å². The Hall–Kier alpha value is -1.42. The van der Waals surface area contributed by atoms with Gasteiger partial charge in [0.1, 0.15) is 5.01 Å². The molecule has 1 heterocycles. The van der Waals surface area contributed by atoms with E-state index < -0.39 is 5.82 Å². The molecule has 0 bridgehead atoms. The lowest BCUT2D eigenvalue weighted by atomic mass is 10.2. The fourth-order valence-corrected chi connectivity index (χ4v) is 2.79. The second-order valence-corrected chi connectivity index (χ2v) is 6.33. The minimum atomic E-state index is -0.628. The molecule has 0 radical (unpaired) electrons. The lowest BCUT2D eigenvalue weighted by molar-refractivity contribution is 0.431. The summed E-state index contributed by atoms with van der Waals surface area (Å²) < 4.78 is 13.3. The van der Waals surface area contributed by atoms with Gasteiger partial charge < -0.3 is 15.7 Å². The number of phenolic OH excluding ortho intramolecular Hbond substituents is 1. The standard InChI is InChI=1S/C16H21FN4OS.HI/c1-10(2)13-9-23-15(21-13)8-20-16(18-3)19-7-11-4-5-14(22)12(17)6-11;/h4-6,9-10,22H,7-8H2,1-3H3,(H2,18,19,20);1H. The molecule has 0 spiro atoms. The van der Waals surface area contributed by atoms with E-state index in [9.17, 15) is 9.50 Å². The van der Waals surface area contributed by atoms with Gasteiger partial charge in [-0.05, 0) is 23.6 Å². The quantitative estimate of drug-likeness (QED) is 0.360. The van der Waals surface area contributed by atoms with Crippen molar-refractivity contribution in [2.24, 2.45) is 4.99 Å². The summed E-state index contributed by atoms with van der Waals surface area (Å²) in [6, 6.07) is 4.30. The molecule has 2 rings (SSSR count). The van der Waals surface area contributed by atoms with Gasteiger partial charge in [0.15, 0.2) is 17.5 Å². The van der Waals surface area contributed by atoms with Crippen LogP contribution in [0, 0.1) is 5.82 Å². The number of aromatic nitrogens is 1. The molecule has 0 atom stereocenters. The summed E-state index contributed by atoms with van der Waals surface area (Å²) in [5.41, 5.74) is 1.81. The first kappa shape index (κ1) is 20.6. The third kappa shape index (κ3) is 5.90. The number of guanidine groups is 1. The molecule has 0 aliphatic heterocycles. The maximum absolute atomic E-state index is 13.3. The Labute approximate surface area is 162 Å². The van der Waals surface area contributed by atoms with Crippen molar-refractivity contribution in [3.05, 3.63) is 45.7 Å². The highest BCUT2D eigenvalue weighted by atomic mass is 127. The van der Waals surface area contributed by atoms with Crippen LogP contribution < -0.4 is 10.6 Å². The van der Waals surface area contributed by atoms with Gasteiger partial charge in [0, 0.05) is 19.0 Å². The highest BCUT2D eigenvalue weighted by molar-refractivity contribution is 14.0. The van der Waals surface area contributed by atoms with Gasteiger partial charge in [-0.25, -0.2) is 9.37 Å². The van der Waals surface area contributed by atoms with E-state index in [4.69, 9.17) is 0 Å². The number of benzene rings is 1. The van der Waals surface area contributed by atoms with Crippen molar-refractivity contribution in [2.45, 2.75) is 32.9 Å². The largest absolute Gasteiger partial charge is 0.505 e. The van der Waals surface area contributed by atoms with Crippen molar-refractivity contribution < 1.29 is 9.50 Å². The normalized spacial score (nSPS) is 11.3. The number of phenols is 1. The number of aliphatic imine (C=N–C) groups is 1. The van der Waals surface area contributed by atoms with Crippen molar-refractivity contribution in [2.75, 3.05) is 7.05 Å². The summed E-state index contributed by atoms with van der Waals surface area (Å²) >= 11 is 1.61. The van der Waals surface area contributed by atoms with Crippen LogP contribution in [-0.2, 0) is 13.1 Å². The molecule has 132 valence electrons. The highest BCUT2D eigenvalue weighted by Gasteiger charge is 2.07. The highest BCUT2D eigenvalue weighted by Crippen LogP contribution is 2.17. The zero-order chi connectivity index (χ0) is 16.8. The van der Waals surface area contributed by atoms with Crippen molar-refractivity contribution in [3.8, 4) is 5.75 Å². The molecule has 3 N–H and O–H groups in total. The third-order valence-electron chi connectivity index (χ3n) is 3.26. The minimum Gasteiger partial charge on any atom is -0.505 e. The van der Waals surface area contributed by atoms with Crippen LogP contribution in [0.25, 0.3) is 0 Å². The summed E-state index contributed by atoms with van der Waals surface area (Å²) in [6.07, 6.45) is 0. The molecule has 24 heavy (non-hydrogen) atoms. The van der Waals surface area contributed by atoms with Crippen LogP contribution in [0.2, 0.25) is 0 Å². The second-order valence-electron chi connectivity index (χ2n) is 5.39. The van der Waals surface area contributed by atoms with Gasteiger partial charge in [0.25, 0.3) is 0 Å². The molecule has 0 aliphatic rings. The van der Waals surface area contributed by atoms with E-state index in [2.05, 4.69) is 39.8 Å². The van der Waals surface area contributed by atoms with Crippen LogP contribution in [0.3, 0.4) is 0 Å². The summed E-state index contributed by atoms with van der Waals surface area (Å²) in [4.78, 5) is 8.68. The third-order valence-corrected chi connectivity index (χ3v) is 4.13. The molecule has 8 heteroatoms. The predicted molar refractivity (Wildman–Crippen MR) is 107 cm³/mol. The molecule has 0 aliphatic carbocycles. The zero-order valence-electron chi connectivity index (χ0n) is 13.8. The average molecular weight is 464 g/mol. The molecular weight excluding hydrogens is 442 g/mol. The predicted octanol–water partition coefficient (Wildman–Crippen LogP) is 3.59. The summed E-state index contributed by atoms with van der Waals surface area (Å²) in [5, 5.41) is 18.5. The van der Waals surface area contributed by atoms with E-state index in [0.717, 1.165) is 16.3 Å². The van der Waals surface area contributed by atoms with Crippen LogP contribution in [0.15, 0.2) is 28.6 Å². The number of thiazole rings is 1. The van der Waals surface area contributed by atoms with Crippen LogP contribution >= 0.6 is 35.3 Å². The smallest absolute Gasteiger partial charge is 0.191 e. The second kappa shape index (κ2) is 9.77. The first-order valence-electron chi connectivity index (χ1n) is 7.35. The molecule has 0 amide bonds. The fourth-order valence-electron chi connectivity index (χ4n) is 1.90. The van der Waals surface area contributed by atoms with Gasteiger partial charge in [-0.2, -0.15) is 0 Å². The Morgan fingerprint density at radius 1 is 1.33 bits per heavy atom. The topological polar surface area (TPSA) is 69.5 Å². The Balaban J connectivity index is 0.00000288. The molecule has 0 fully saturated rings. The Bertz CT molecular complexity index is 690. The van der Waals surface area contributed by atoms with Crippen LogP contribution in [0.4, 0.5) is 4.39 Å². The lowest BCUT2D eigenvalue weighted by Gasteiger charge is -2.11. The maximum atomic E-state index is 13.3. The van der Waals surface area contributed by atoms with Gasteiger partial charge in [-0.3, -0.25) is 4.99 Å². The van der Waals surface area contributed by atoms with E-state index in [1.807, 2.05) is 0 Å². The monoisotopic (exact) mass is 464 g/mol. The minimum absolute atomic E-state index is 0. The van der Waals surface area contributed by atoms with Gasteiger partial charge in [0.05, 0.1) is 12.2 Å². The number of rotatable bonds is 5. The zero-order valence-corrected chi connectivity index (χ0v) is 17.0. The maximum Gasteiger partial charge on any atom is 0.191 e.